The van der Waals surface area contributed by atoms with Gasteiger partial charge in [-0.05, 0) is 86.5 Å². The molecule has 0 N–H and O–H groups in total. The average molecular weight is 457 g/mol. The molecule has 1 saturated heterocycles. The van der Waals surface area contributed by atoms with Gasteiger partial charge in [-0.3, -0.25) is 9.69 Å². The predicted octanol–water partition coefficient (Wildman–Crippen LogP) is 4.39. The Morgan fingerprint density at radius 1 is 1.12 bits per heavy atom. The molecule has 3 saturated carbocycles. The number of fused-ring (bicyclic) bond motifs is 5. The van der Waals surface area contributed by atoms with Crippen molar-refractivity contribution in [3.8, 4) is 0 Å². The monoisotopic (exact) mass is 456 g/mol. The molecule has 5 rings (SSSR count). The third kappa shape index (κ3) is 4.12. The fraction of sp³-hybridized carbons (Fsp3) is 0.815. The molecule has 182 valence electrons. The Bertz CT molecular complexity index is 860. The van der Waals surface area contributed by atoms with Crippen LogP contribution < -0.4 is 0 Å². The first-order valence-corrected chi connectivity index (χ1v) is 13.1. The highest BCUT2D eigenvalue weighted by Gasteiger charge is 2.59. The predicted molar refractivity (Wildman–Crippen MR) is 127 cm³/mol. The number of morpholine rings is 1. The van der Waals surface area contributed by atoms with Crippen molar-refractivity contribution in [2.75, 3.05) is 32.8 Å². The number of carbonyl (C=O) groups is 2. The van der Waals surface area contributed by atoms with Crippen molar-refractivity contribution < 1.29 is 19.2 Å². The molecule has 1 heterocycles. The summed E-state index contributed by atoms with van der Waals surface area (Å²) in [6, 6.07) is 0. The molecule has 6 nitrogen and oxygen atoms in total. The minimum atomic E-state index is -0.272. The minimum absolute atomic E-state index is 0.217. The number of ether oxygens (including phenoxy) is 1. The summed E-state index contributed by atoms with van der Waals surface area (Å²) in [5.41, 5.74) is 2.87. The standard InChI is InChI=1S/C27H40N2O4/c1-18(28-33-25(31)17-29-12-14-32-15-13-29)22-6-7-23-21-5-4-19-16-20(30)8-10-26(19,2)24(21)9-11-27(22,23)3/h16,21-24H,4-15,17H2,1-3H3/t21-,22+,23-,24-,26-,27+/m0/s1. The van der Waals surface area contributed by atoms with Crippen LogP contribution in [-0.2, 0) is 19.2 Å². The minimum Gasteiger partial charge on any atom is -0.379 e. The van der Waals surface area contributed by atoms with Gasteiger partial charge in [0, 0.05) is 25.4 Å². The summed E-state index contributed by atoms with van der Waals surface area (Å²) in [5.74, 6) is 2.58. The Morgan fingerprint density at radius 2 is 1.91 bits per heavy atom. The van der Waals surface area contributed by atoms with Crippen molar-refractivity contribution in [3.63, 3.8) is 0 Å². The van der Waals surface area contributed by atoms with Crippen LogP contribution in [-0.4, -0.2) is 55.2 Å². The summed E-state index contributed by atoms with van der Waals surface area (Å²) in [6.07, 6.45) is 10.9. The summed E-state index contributed by atoms with van der Waals surface area (Å²) in [7, 11) is 0. The van der Waals surface area contributed by atoms with Crippen LogP contribution in [0.25, 0.3) is 0 Å². The number of rotatable bonds is 4. The molecule has 6 atom stereocenters. The number of nitrogens with zero attached hydrogens (tertiary/aromatic N) is 2. The fourth-order valence-electron chi connectivity index (χ4n) is 8.40. The second-order valence-corrected chi connectivity index (χ2v) is 11.7. The van der Waals surface area contributed by atoms with E-state index in [4.69, 9.17) is 9.57 Å². The van der Waals surface area contributed by atoms with Gasteiger partial charge in [0.15, 0.2) is 5.78 Å². The van der Waals surface area contributed by atoms with Gasteiger partial charge in [-0.25, -0.2) is 4.79 Å². The molecule has 4 aliphatic carbocycles. The van der Waals surface area contributed by atoms with Crippen LogP contribution >= 0.6 is 0 Å². The molecule has 0 bridgehead atoms. The van der Waals surface area contributed by atoms with Gasteiger partial charge in [0.25, 0.3) is 0 Å². The summed E-state index contributed by atoms with van der Waals surface area (Å²) in [5, 5.41) is 4.36. The largest absolute Gasteiger partial charge is 0.379 e. The number of hydrogen-bond donors (Lipinski definition) is 0. The molecule has 5 aliphatic rings. The second-order valence-electron chi connectivity index (χ2n) is 11.7. The van der Waals surface area contributed by atoms with Gasteiger partial charge >= 0.3 is 5.97 Å². The molecule has 0 aromatic carbocycles. The topological polar surface area (TPSA) is 68.2 Å². The zero-order valence-corrected chi connectivity index (χ0v) is 20.6. The van der Waals surface area contributed by atoms with Gasteiger partial charge in [0.2, 0.25) is 0 Å². The highest BCUT2D eigenvalue weighted by Crippen LogP contribution is 2.66. The van der Waals surface area contributed by atoms with E-state index in [1.165, 1.54) is 31.3 Å². The van der Waals surface area contributed by atoms with E-state index in [9.17, 15) is 9.59 Å². The van der Waals surface area contributed by atoms with Crippen LogP contribution in [0.5, 0.6) is 0 Å². The Labute approximate surface area is 198 Å². The van der Waals surface area contributed by atoms with Crippen molar-refractivity contribution in [2.45, 2.75) is 72.1 Å². The number of oxime groups is 1. The van der Waals surface area contributed by atoms with Crippen LogP contribution in [0.4, 0.5) is 0 Å². The number of ketones is 1. The lowest BCUT2D eigenvalue weighted by Crippen LogP contribution is -2.51. The van der Waals surface area contributed by atoms with Crippen molar-refractivity contribution >= 4 is 17.5 Å². The van der Waals surface area contributed by atoms with Crippen molar-refractivity contribution in [1.29, 1.82) is 0 Å². The van der Waals surface area contributed by atoms with E-state index in [1.807, 2.05) is 6.08 Å². The second kappa shape index (κ2) is 8.92. The van der Waals surface area contributed by atoms with Crippen LogP contribution in [0.3, 0.4) is 0 Å². The van der Waals surface area contributed by atoms with Gasteiger partial charge in [-0.2, -0.15) is 0 Å². The third-order valence-electron chi connectivity index (χ3n) is 10.2. The van der Waals surface area contributed by atoms with E-state index in [2.05, 4.69) is 30.8 Å². The van der Waals surface area contributed by atoms with Crippen molar-refractivity contribution in [3.05, 3.63) is 11.6 Å². The van der Waals surface area contributed by atoms with E-state index in [0.29, 0.717) is 36.8 Å². The zero-order chi connectivity index (χ0) is 23.2. The molecule has 0 amide bonds. The molecule has 4 fully saturated rings. The van der Waals surface area contributed by atoms with E-state index in [0.717, 1.165) is 50.4 Å². The highest BCUT2D eigenvalue weighted by molar-refractivity contribution is 5.91. The lowest BCUT2D eigenvalue weighted by atomic mass is 9.46. The van der Waals surface area contributed by atoms with Crippen LogP contribution in [0.2, 0.25) is 0 Å². The van der Waals surface area contributed by atoms with Crippen LogP contribution in [0.1, 0.15) is 72.1 Å². The van der Waals surface area contributed by atoms with Crippen molar-refractivity contribution in [1.82, 2.24) is 4.90 Å². The lowest BCUT2D eigenvalue weighted by molar-refractivity contribution is -0.146. The highest BCUT2D eigenvalue weighted by atomic mass is 16.7. The van der Waals surface area contributed by atoms with E-state index < -0.39 is 0 Å². The lowest BCUT2D eigenvalue weighted by Gasteiger charge is -2.58. The Morgan fingerprint density at radius 3 is 2.70 bits per heavy atom. The smallest absolute Gasteiger partial charge is 0.348 e. The van der Waals surface area contributed by atoms with Crippen LogP contribution in [0.15, 0.2) is 16.8 Å². The summed E-state index contributed by atoms with van der Waals surface area (Å²) in [4.78, 5) is 31.8. The average Bonchev–Trinajstić information content (AvgIpc) is 3.16. The molecular formula is C27H40N2O4. The molecule has 0 aromatic heterocycles. The molecular weight excluding hydrogens is 416 g/mol. The van der Waals surface area contributed by atoms with Gasteiger partial charge in [-0.1, -0.05) is 24.6 Å². The maximum atomic E-state index is 12.3. The first-order valence-electron chi connectivity index (χ1n) is 13.1. The van der Waals surface area contributed by atoms with E-state index in [1.54, 1.807) is 0 Å². The van der Waals surface area contributed by atoms with Gasteiger partial charge in [0.05, 0.1) is 25.5 Å². The Kier molecular flexibility index (Phi) is 6.28. The molecule has 0 unspecified atom stereocenters. The Balaban J connectivity index is 1.26. The first-order chi connectivity index (χ1) is 15.8. The fourth-order valence-corrected chi connectivity index (χ4v) is 8.40. The van der Waals surface area contributed by atoms with E-state index in [-0.39, 0.29) is 23.3 Å². The molecule has 0 aromatic rings. The number of allylic oxidation sites excluding steroid dienone is 1. The van der Waals surface area contributed by atoms with Gasteiger partial charge < -0.3 is 9.57 Å². The van der Waals surface area contributed by atoms with Crippen molar-refractivity contribution in [2.24, 2.45) is 39.7 Å². The Hall–Kier alpha value is -1.53. The maximum Gasteiger partial charge on any atom is 0.348 e. The molecule has 1 aliphatic heterocycles. The number of hydrogen-bond acceptors (Lipinski definition) is 6. The van der Waals surface area contributed by atoms with Crippen LogP contribution in [0, 0.1) is 34.5 Å². The van der Waals surface area contributed by atoms with Gasteiger partial charge in [0.1, 0.15) is 0 Å². The molecule has 6 heteroatoms. The molecule has 0 radical (unpaired) electrons. The summed E-state index contributed by atoms with van der Waals surface area (Å²) >= 11 is 0. The summed E-state index contributed by atoms with van der Waals surface area (Å²) in [6.45, 7) is 10.1. The quantitative estimate of drug-likeness (QED) is 0.357. The zero-order valence-electron chi connectivity index (χ0n) is 20.6. The normalized spacial score (nSPS) is 41.6. The molecule has 33 heavy (non-hydrogen) atoms. The van der Waals surface area contributed by atoms with Gasteiger partial charge in [-0.15, -0.1) is 0 Å². The first kappa shape index (κ1) is 23.2. The SMILES string of the molecule is CC(=NOC(=O)CN1CCOCC1)[C@H]1CC[C@H]2[C@@H]3CCC4=CC(=O)CC[C@]4(C)[C@H]3CC[C@]12C. The summed E-state index contributed by atoms with van der Waals surface area (Å²) < 4.78 is 5.35. The number of carbonyl (C=O) groups excluding carboxylic acids is 2. The third-order valence-corrected chi connectivity index (χ3v) is 10.2. The maximum absolute atomic E-state index is 12.3. The van der Waals surface area contributed by atoms with E-state index >= 15 is 0 Å². The molecule has 0 spiro atoms.